The number of hydrogen-bond donors (Lipinski definition) is 1. The first kappa shape index (κ1) is 14.0. The van der Waals surface area contributed by atoms with Crippen molar-refractivity contribution in [2.45, 2.75) is 33.2 Å². The molecule has 0 radical (unpaired) electrons. The number of allylic oxidation sites excluding steroid dienone is 1. The fourth-order valence-electron chi connectivity index (χ4n) is 1.80. The van der Waals surface area contributed by atoms with Crippen LogP contribution in [0.2, 0.25) is 0 Å². The fraction of sp³-hybridized carbons (Fsp3) is 0.462. The third-order valence-corrected chi connectivity index (χ3v) is 2.86. The van der Waals surface area contributed by atoms with Gasteiger partial charge in [0.05, 0.1) is 12.4 Å². The van der Waals surface area contributed by atoms with E-state index in [9.17, 15) is 4.79 Å². The Kier molecular flexibility index (Phi) is 3.92. The van der Waals surface area contributed by atoms with Gasteiger partial charge in [-0.25, -0.2) is 4.79 Å². The maximum absolute atomic E-state index is 12.0. The van der Waals surface area contributed by atoms with E-state index < -0.39 is 11.5 Å². The van der Waals surface area contributed by atoms with E-state index in [2.05, 4.69) is 16.9 Å². The molecular formula is C13H17N3O2. The zero-order valence-electron chi connectivity index (χ0n) is 11.1. The molecule has 0 bridgehead atoms. The number of nitrogens with zero attached hydrogens (tertiary/aromatic N) is 2. The lowest BCUT2D eigenvalue weighted by atomic mass is 9.83. The number of esters is 1. The minimum absolute atomic E-state index is 0.173. The molecule has 0 fully saturated rings. The van der Waals surface area contributed by atoms with E-state index in [0.717, 1.165) is 0 Å². The summed E-state index contributed by atoms with van der Waals surface area (Å²) in [7, 11) is 0. The van der Waals surface area contributed by atoms with Crippen LogP contribution >= 0.6 is 0 Å². The summed E-state index contributed by atoms with van der Waals surface area (Å²) in [5, 5.41) is 11.9. The molecule has 0 saturated heterocycles. The molecule has 1 rings (SSSR count). The Hall–Kier alpha value is -2.09. The van der Waals surface area contributed by atoms with Gasteiger partial charge < -0.3 is 10.1 Å². The molecule has 1 unspecified atom stereocenters. The standard InChI is InChI=1S/C13H17N3O2/c1-6-18-12(17)11-10(7-14)15-9(4)16-13(11,5)8(2)3/h2,6H2,1,3-5H3,(H,15,16). The number of hydrogen-bond acceptors (Lipinski definition) is 5. The van der Waals surface area contributed by atoms with E-state index in [1.54, 1.807) is 27.7 Å². The molecule has 96 valence electrons. The molecule has 0 amide bonds. The largest absolute Gasteiger partial charge is 0.462 e. The Balaban J connectivity index is 3.41. The van der Waals surface area contributed by atoms with Crippen LogP contribution in [-0.4, -0.2) is 24.0 Å². The summed E-state index contributed by atoms with van der Waals surface area (Å²) in [5.41, 5.74) is 0.141. The molecule has 1 atom stereocenters. The van der Waals surface area contributed by atoms with Crippen LogP contribution in [0.15, 0.2) is 28.4 Å². The summed E-state index contributed by atoms with van der Waals surface area (Å²) in [4.78, 5) is 16.4. The van der Waals surface area contributed by atoms with Gasteiger partial charge in [-0.2, -0.15) is 5.26 Å². The normalized spacial score (nSPS) is 22.7. The maximum Gasteiger partial charge on any atom is 0.339 e. The lowest BCUT2D eigenvalue weighted by molar-refractivity contribution is -0.139. The Morgan fingerprint density at radius 2 is 2.28 bits per heavy atom. The van der Waals surface area contributed by atoms with Gasteiger partial charge in [-0.1, -0.05) is 6.58 Å². The predicted molar refractivity (Wildman–Crippen MR) is 68.7 cm³/mol. The highest BCUT2D eigenvalue weighted by atomic mass is 16.5. The first-order valence-electron chi connectivity index (χ1n) is 5.68. The van der Waals surface area contributed by atoms with E-state index in [0.29, 0.717) is 11.4 Å². The molecule has 0 spiro atoms. The highest BCUT2D eigenvalue weighted by Crippen LogP contribution is 2.33. The first-order chi connectivity index (χ1) is 8.36. The smallest absolute Gasteiger partial charge is 0.339 e. The van der Waals surface area contributed by atoms with E-state index >= 15 is 0 Å². The van der Waals surface area contributed by atoms with Crippen LogP contribution in [0.1, 0.15) is 27.7 Å². The summed E-state index contributed by atoms with van der Waals surface area (Å²) in [5.74, 6) is 0.0356. The van der Waals surface area contributed by atoms with Gasteiger partial charge in [-0.3, -0.25) is 4.99 Å². The second-order valence-corrected chi connectivity index (χ2v) is 4.26. The molecule has 0 saturated carbocycles. The molecule has 1 N–H and O–H groups in total. The number of carbonyl (C=O) groups excluding carboxylic acids is 1. The molecule has 1 aliphatic rings. The monoisotopic (exact) mass is 247 g/mol. The molecule has 0 aliphatic carbocycles. The van der Waals surface area contributed by atoms with Crippen molar-refractivity contribution in [3.8, 4) is 6.07 Å². The van der Waals surface area contributed by atoms with Crippen LogP contribution < -0.4 is 5.32 Å². The number of nitrogens with one attached hydrogen (secondary N) is 1. The van der Waals surface area contributed by atoms with Gasteiger partial charge in [0.25, 0.3) is 0 Å². The Morgan fingerprint density at radius 1 is 1.67 bits per heavy atom. The van der Waals surface area contributed by atoms with Crippen LogP contribution in [0.25, 0.3) is 0 Å². The molecule has 5 heteroatoms. The number of rotatable bonds is 3. The molecule has 1 heterocycles. The first-order valence-corrected chi connectivity index (χ1v) is 5.68. The quantitative estimate of drug-likeness (QED) is 0.608. The highest BCUT2D eigenvalue weighted by molar-refractivity contribution is 5.98. The lowest BCUT2D eigenvalue weighted by Gasteiger charge is -2.32. The van der Waals surface area contributed by atoms with Crippen molar-refractivity contribution >= 4 is 11.8 Å². The second kappa shape index (κ2) is 5.05. The molecule has 0 aromatic rings. The summed E-state index contributed by atoms with van der Waals surface area (Å²) in [6, 6.07) is 1.98. The third-order valence-electron chi connectivity index (χ3n) is 2.86. The van der Waals surface area contributed by atoms with Crippen molar-refractivity contribution < 1.29 is 9.53 Å². The zero-order chi connectivity index (χ0) is 13.9. The summed E-state index contributed by atoms with van der Waals surface area (Å²) < 4.78 is 5.00. The van der Waals surface area contributed by atoms with Crippen molar-refractivity contribution in [1.82, 2.24) is 5.32 Å². The van der Waals surface area contributed by atoms with Crippen molar-refractivity contribution in [2.24, 2.45) is 4.99 Å². The average Bonchev–Trinajstić information content (AvgIpc) is 2.27. The van der Waals surface area contributed by atoms with Crippen molar-refractivity contribution in [3.05, 3.63) is 23.4 Å². The molecule has 18 heavy (non-hydrogen) atoms. The van der Waals surface area contributed by atoms with Crippen LogP contribution in [-0.2, 0) is 9.53 Å². The Morgan fingerprint density at radius 3 is 2.72 bits per heavy atom. The zero-order valence-corrected chi connectivity index (χ0v) is 11.1. The van der Waals surface area contributed by atoms with E-state index in [1.165, 1.54) is 0 Å². The second-order valence-electron chi connectivity index (χ2n) is 4.26. The van der Waals surface area contributed by atoms with Crippen LogP contribution in [0, 0.1) is 11.3 Å². The van der Waals surface area contributed by atoms with Crippen LogP contribution in [0.4, 0.5) is 0 Å². The summed E-state index contributed by atoms with van der Waals surface area (Å²) >= 11 is 0. The Bertz CT molecular complexity index is 497. The number of ether oxygens (including phenoxy) is 1. The highest BCUT2D eigenvalue weighted by Gasteiger charge is 2.40. The maximum atomic E-state index is 12.0. The third kappa shape index (κ3) is 2.28. The van der Waals surface area contributed by atoms with E-state index in [1.807, 2.05) is 6.07 Å². The van der Waals surface area contributed by atoms with Crippen molar-refractivity contribution in [3.63, 3.8) is 0 Å². The molecular weight excluding hydrogens is 230 g/mol. The van der Waals surface area contributed by atoms with Crippen LogP contribution in [0.3, 0.4) is 0 Å². The molecule has 5 nitrogen and oxygen atoms in total. The number of aliphatic imine (C=N–C) groups is 1. The van der Waals surface area contributed by atoms with Crippen molar-refractivity contribution in [1.29, 1.82) is 5.26 Å². The average molecular weight is 247 g/mol. The fourth-order valence-corrected chi connectivity index (χ4v) is 1.80. The van der Waals surface area contributed by atoms with Gasteiger partial charge in [0.15, 0.2) is 0 Å². The number of nitriles is 1. The lowest BCUT2D eigenvalue weighted by Crippen LogP contribution is -2.42. The topological polar surface area (TPSA) is 74.5 Å². The van der Waals surface area contributed by atoms with Crippen LogP contribution in [0.5, 0.6) is 0 Å². The van der Waals surface area contributed by atoms with Gasteiger partial charge >= 0.3 is 5.97 Å². The van der Waals surface area contributed by atoms with Gasteiger partial charge in [-0.15, -0.1) is 0 Å². The number of carbonyl (C=O) groups is 1. The molecule has 0 aromatic carbocycles. The summed E-state index contributed by atoms with van der Waals surface area (Å²) in [6.45, 7) is 11.1. The van der Waals surface area contributed by atoms with Gasteiger partial charge in [0, 0.05) is 0 Å². The van der Waals surface area contributed by atoms with Gasteiger partial charge in [-0.05, 0) is 33.3 Å². The minimum Gasteiger partial charge on any atom is -0.462 e. The van der Waals surface area contributed by atoms with E-state index in [-0.39, 0.29) is 17.9 Å². The van der Waals surface area contributed by atoms with Gasteiger partial charge in [0.2, 0.25) is 0 Å². The predicted octanol–water partition coefficient (Wildman–Crippen LogP) is 1.68. The Labute approximate surface area is 107 Å². The minimum atomic E-state index is -0.924. The SMILES string of the molecule is C=C(C)C1(C)N=C(C)NC(C#N)=C1C(=O)OCC. The summed E-state index contributed by atoms with van der Waals surface area (Å²) in [6.07, 6.45) is 0. The van der Waals surface area contributed by atoms with Gasteiger partial charge in [0.1, 0.15) is 22.9 Å². The van der Waals surface area contributed by atoms with Crippen molar-refractivity contribution in [2.75, 3.05) is 6.61 Å². The molecule has 1 aliphatic heterocycles. The molecule has 0 aromatic heterocycles. The van der Waals surface area contributed by atoms with E-state index in [4.69, 9.17) is 10.00 Å². The number of amidine groups is 1.